The molecule has 0 fully saturated rings. The fraction of sp³-hybridized carbons (Fsp3) is 0.231. The number of rotatable bonds is 4. The van der Waals surface area contributed by atoms with Crippen LogP contribution in [-0.4, -0.2) is 17.0 Å². The number of nitrogens with zero attached hydrogens (tertiary/aromatic N) is 2. The van der Waals surface area contributed by atoms with Gasteiger partial charge in [0, 0.05) is 37.0 Å². The second-order valence-electron chi connectivity index (χ2n) is 4.06. The van der Waals surface area contributed by atoms with Gasteiger partial charge in [0.05, 0.1) is 0 Å². The molecule has 1 aromatic carbocycles. The van der Waals surface area contributed by atoms with Crippen molar-refractivity contribution >= 4 is 11.8 Å². The molecule has 0 amide bonds. The molecule has 0 atom stereocenters. The Kier molecular flexibility index (Phi) is 3.89. The summed E-state index contributed by atoms with van der Waals surface area (Å²) in [5.74, 6) is -0.0913. The molecule has 6 heteroatoms. The van der Waals surface area contributed by atoms with Gasteiger partial charge in [0.1, 0.15) is 17.5 Å². The van der Waals surface area contributed by atoms with Gasteiger partial charge in [-0.05, 0) is 13.0 Å². The highest BCUT2D eigenvalue weighted by Gasteiger charge is 2.05. The molecule has 0 bridgehead atoms. The first kappa shape index (κ1) is 13.2. The van der Waals surface area contributed by atoms with Crippen LogP contribution in [0, 0.1) is 18.6 Å². The number of hydrogen-bond acceptors (Lipinski definition) is 4. The number of benzene rings is 1. The highest BCUT2D eigenvalue weighted by atomic mass is 19.1. The van der Waals surface area contributed by atoms with Crippen LogP contribution < -0.4 is 10.6 Å². The van der Waals surface area contributed by atoms with E-state index < -0.39 is 11.6 Å². The number of nitrogens with one attached hydrogen (secondary N) is 2. The molecule has 0 saturated carbocycles. The third kappa shape index (κ3) is 3.37. The van der Waals surface area contributed by atoms with E-state index >= 15 is 0 Å². The van der Waals surface area contributed by atoms with E-state index in [1.165, 1.54) is 12.1 Å². The monoisotopic (exact) mass is 264 g/mol. The highest BCUT2D eigenvalue weighted by molar-refractivity contribution is 5.42. The van der Waals surface area contributed by atoms with E-state index in [9.17, 15) is 8.78 Å². The maximum atomic E-state index is 13.5. The summed E-state index contributed by atoms with van der Waals surface area (Å²) in [5, 5.41) is 5.82. The quantitative estimate of drug-likeness (QED) is 0.891. The molecule has 1 aromatic heterocycles. The van der Waals surface area contributed by atoms with Gasteiger partial charge in [-0.25, -0.2) is 13.8 Å². The summed E-state index contributed by atoms with van der Waals surface area (Å²) < 4.78 is 26.2. The Morgan fingerprint density at radius 2 is 1.95 bits per heavy atom. The predicted molar refractivity (Wildman–Crippen MR) is 70.0 cm³/mol. The molecule has 0 spiro atoms. The lowest BCUT2D eigenvalue weighted by atomic mass is 10.2. The van der Waals surface area contributed by atoms with Gasteiger partial charge < -0.3 is 10.6 Å². The molecule has 100 valence electrons. The van der Waals surface area contributed by atoms with E-state index in [1.54, 1.807) is 13.1 Å². The van der Waals surface area contributed by atoms with Gasteiger partial charge in [-0.15, -0.1) is 0 Å². The fourth-order valence-corrected chi connectivity index (χ4v) is 1.62. The van der Waals surface area contributed by atoms with Crippen LogP contribution in [0.25, 0.3) is 0 Å². The Morgan fingerprint density at radius 1 is 1.16 bits per heavy atom. The van der Waals surface area contributed by atoms with E-state index in [1.807, 2.05) is 6.92 Å². The number of aromatic nitrogens is 2. The Morgan fingerprint density at radius 3 is 2.63 bits per heavy atom. The molecule has 4 nitrogen and oxygen atoms in total. The number of aryl methyl sites for hydroxylation is 1. The van der Waals surface area contributed by atoms with Crippen molar-refractivity contribution in [2.45, 2.75) is 13.5 Å². The molecule has 0 unspecified atom stereocenters. The minimum Gasteiger partial charge on any atom is -0.366 e. The Bertz CT molecular complexity index is 587. The lowest BCUT2D eigenvalue weighted by Gasteiger charge is -2.09. The number of hydrogen-bond donors (Lipinski definition) is 2. The number of halogens is 2. The fourth-order valence-electron chi connectivity index (χ4n) is 1.62. The molecule has 2 N–H and O–H groups in total. The molecule has 0 aliphatic heterocycles. The summed E-state index contributed by atoms with van der Waals surface area (Å²) in [6, 6.07) is 5.25. The van der Waals surface area contributed by atoms with Crippen molar-refractivity contribution in [1.82, 2.24) is 9.97 Å². The lowest BCUT2D eigenvalue weighted by Crippen LogP contribution is -2.06. The normalized spacial score (nSPS) is 10.3. The summed E-state index contributed by atoms with van der Waals surface area (Å²) in [4.78, 5) is 8.34. The van der Waals surface area contributed by atoms with Gasteiger partial charge in [-0.3, -0.25) is 0 Å². The van der Waals surface area contributed by atoms with Crippen LogP contribution in [0.4, 0.5) is 20.5 Å². The molecule has 19 heavy (non-hydrogen) atoms. The first-order valence-electron chi connectivity index (χ1n) is 5.79. The average molecular weight is 264 g/mol. The third-order valence-electron chi connectivity index (χ3n) is 2.55. The Hall–Kier alpha value is -2.24. The van der Waals surface area contributed by atoms with Crippen LogP contribution in [0.2, 0.25) is 0 Å². The van der Waals surface area contributed by atoms with Crippen molar-refractivity contribution < 1.29 is 8.78 Å². The molecule has 2 rings (SSSR count). The first-order valence-corrected chi connectivity index (χ1v) is 5.79. The summed E-state index contributed by atoms with van der Waals surface area (Å²) in [7, 11) is 1.72. The molecule has 2 aromatic rings. The van der Waals surface area contributed by atoms with E-state index in [-0.39, 0.29) is 6.54 Å². The van der Waals surface area contributed by atoms with Crippen LogP contribution in [0.1, 0.15) is 11.3 Å². The first-order chi connectivity index (χ1) is 9.08. The molecule has 0 radical (unpaired) electrons. The van der Waals surface area contributed by atoms with E-state index in [0.29, 0.717) is 17.3 Å². The van der Waals surface area contributed by atoms with Crippen molar-refractivity contribution in [3.05, 3.63) is 47.2 Å². The highest BCUT2D eigenvalue weighted by Crippen LogP contribution is 2.13. The average Bonchev–Trinajstić information content (AvgIpc) is 2.37. The van der Waals surface area contributed by atoms with Crippen LogP contribution in [0.3, 0.4) is 0 Å². The van der Waals surface area contributed by atoms with Gasteiger partial charge in [0.25, 0.3) is 0 Å². The van der Waals surface area contributed by atoms with Crippen molar-refractivity contribution in [3.63, 3.8) is 0 Å². The van der Waals surface area contributed by atoms with Crippen LogP contribution in [0.15, 0.2) is 24.3 Å². The maximum absolute atomic E-state index is 13.5. The molecular formula is C13H14F2N4. The standard InChI is InChI=1S/C13H14F2N4/c1-8-5-12(19-13(16-2)18-8)17-7-9-3-4-10(14)6-11(9)15/h3-6H,7H2,1-2H3,(H2,16,17,18,19). The smallest absolute Gasteiger partial charge is 0.224 e. The third-order valence-corrected chi connectivity index (χ3v) is 2.55. The maximum Gasteiger partial charge on any atom is 0.224 e. The number of anilines is 2. The second-order valence-corrected chi connectivity index (χ2v) is 4.06. The predicted octanol–water partition coefficient (Wildman–Crippen LogP) is 2.72. The summed E-state index contributed by atoms with van der Waals surface area (Å²) in [6.45, 7) is 2.07. The second kappa shape index (κ2) is 5.60. The van der Waals surface area contributed by atoms with Crippen LogP contribution in [0.5, 0.6) is 0 Å². The van der Waals surface area contributed by atoms with Gasteiger partial charge >= 0.3 is 0 Å². The van der Waals surface area contributed by atoms with Crippen molar-refractivity contribution in [2.24, 2.45) is 0 Å². The zero-order valence-corrected chi connectivity index (χ0v) is 10.7. The minimum absolute atomic E-state index is 0.228. The van der Waals surface area contributed by atoms with Gasteiger partial charge in [0.2, 0.25) is 5.95 Å². The van der Waals surface area contributed by atoms with Gasteiger partial charge in [0.15, 0.2) is 0 Å². The van der Waals surface area contributed by atoms with Crippen molar-refractivity contribution in [3.8, 4) is 0 Å². The molecular weight excluding hydrogens is 250 g/mol. The Balaban J connectivity index is 2.12. The molecule has 0 saturated heterocycles. The summed E-state index contributed by atoms with van der Waals surface area (Å²) in [6.07, 6.45) is 0. The van der Waals surface area contributed by atoms with E-state index in [2.05, 4.69) is 20.6 Å². The molecule has 0 aliphatic carbocycles. The lowest BCUT2D eigenvalue weighted by molar-refractivity contribution is 0.574. The van der Waals surface area contributed by atoms with Crippen LogP contribution >= 0.6 is 0 Å². The van der Waals surface area contributed by atoms with Crippen LogP contribution in [-0.2, 0) is 6.54 Å². The topological polar surface area (TPSA) is 49.8 Å². The van der Waals surface area contributed by atoms with E-state index in [4.69, 9.17) is 0 Å². The van der Waals surface area contributed by atoms with Gasteiger partial charge in [-0.2, -0.15) is 4.98 Å². The zero-order valence-electron chi connectivity index (χ0n) is 10.7. The Labute approximate surface area is 109 Å². The molecule has 1 heterocycles. The van der Waals surface area contributed by atoms with Crippen molar-refractivity contribution in [2.75, 3.05) is 17.7 Å². The largest absolute Gasteiger partial charge is 0.366 e. The SMILES string of the molecule is CNc1nc(C)cc(NCc2ccc(F)cc2F)n1. The minimum atomic E-state index is -0.586. The van der Waals surface area contributed by atoms with E-state index in [0.717, 1.165) is 11.8 Å². The molecule has 0 aliphatic rings. The summed E-state index contributed by atoms with van der Waals surface area (Å²) >= 11 is 0. The summed E-state index contributed by atoms with van der Waals surface area (Å²) in [5.41, 5.74) is 1.17. The zero-order chi connectivity index (χ0) is 13.8. The van der Waals surface area contributed by atoms with Crippen molar-refractivity contribution in [1.29, 1.82) is 0 Å². The van der Waals surface area contributed by atoms with Gasteiger partial charge in [-0.1, -0.05) is 6.07 Å².